The second-order valence-corrected chi connectivity index (χ2v) is 11.4. The zero-order valence-electron chi connectivity index (χ0n) is 21.1. The number of hydrogen-bond acceptors (Lipinski definition) is 7. The fourth-order valence-corrected chi connectivity index (χ4v) is 7.92. The van der Waals surface area contributed by atoms with E-state index >= 15 is 0 Å². The highest BCUT2D eigenvalue weighted by molar-refractivity contribution is 5.75. The third-order valence-corrected chi connectivity index (χ3v) is 9.47. The van der Waals surface area contributed by atoms with E-state index in [-0.39, 0.29) is 41.7 Å². The third-order valence-electron chi connectivity index (χ3n) is 9.47. The van der Waals surface area contributed by atoms with Crippen LogP contribution in [0.5, 0.6) is 0 Å². The van der Waals surface area contributed by atoms with Crippen molar-refractivity contribution in [1.82, 2.24) is 4.90 Å². The summed E-state index contributed by atoms with van der Waals surface area (Å²) in [5.41, 5.74) is 0.344. The molecule has 2 aliphatic carbocycles. The Morgan fingerprint density at radius 2 is 1.94 bits per heavy atom. The highest BCUT2D eigenvalue weighted by Gasteiger charge is 2.68. The van der Waals surface area contributed by atoms with Gasteiger partial charge >= 0.3 is 5.97 Å². The summed E-state index contributed by atoms with van der Waals surface area (Å²) in [6.45, 7) is 9.99. The minimum absolute atomic E-state index is 0.00450. The Morgan fingerprint density at radius 3 is 2.59 bits per heavy atom. The summed E-state index contributed by atoms with van der Waals surface area (Å²) in [6.07, 6.45) is 6.56. The standard InChI is InChI=1S/C27H41NO6/c1-14-12-15(2)27-18(13-20(32-5)26(31)33-24(14)17(4)29)8-9-19-21(27)23(30)16(3)22(25(19)34-27)28-10-6-7-11-28/h8-9,12,14,16-25,29-30H,6-7,10-11,13H2,1-5H3/t14-,16+,17-,18-,19-,20+,21+,22+,23-,24+,25-,27+/m1/s1. The van der Waals surface area contributed by atoms with Gasteiger partial charge in [0.05, 0.1) is 18.3 Å². The molecule has 0 radical (unpaired) electrons. The van der Waals surface area contributed by atoms with Crippen molar-refractivity contribution in [2.75, 3.05) is 20.2 Å². The molecule has 7 heteroatoms. The van der Waals surface area contributed by atoms with Gasteiger partial charge in [0.2, 0.25) is 0 Å². The van der Waals surface area contributed by atoms with E-state index in [0.717, 1.165) is 18.7 Å². The molecule has 3 aliphatic heterocycles. The Labute approximate surface area is 203 Å². The van der Waals surface area contributed by atoms with Crippen LogP contribution >= 0.6 is 0 Å². The number of rotatable bonds is 3. The van der Waals surface area contributed by atoms with Gasteiger partial charge in [0.25, 0.3) is 0 Å². The fourth-order valence-electron chi connectivity index (χ4n) is 7.92. The van der Waals surface area contributed by atoms with Gasteiger partial charge in [0, 0.05) is 42.7 Å². The van der Waals surface area contributed by atoms with Crippen LogP contribution in [0, 0.1) is 29.6 Å². The first-order chi connectivity index (χ1) is 16.2. The molecule has 3 heterocycles. The van der Waals surface area contributed by atoms with Gasteiger partial charge in [-0.25, -0.2) is 4.79 Å². The number of nitrogens with zero attached hydrogens (tertiary/aromatic N) is 1. The predicted octanol–water partition coefficient (Wildman–Crippen LogP) is 2.31. The molecule has 0 aromatic carbocycles. The van der Waals surface area contributed by atoms with E-state index in [1.54, 1.807) is 6.92 Å². The molecule has 0 amide bonds. The molecular formula is C27H41NO6. The lowest BCUT2D eigenvalue weighted by Crippen LogP contribution is -2.59. The molecular weight excluding hydrogens is 434 g/mol. The number of methoxy groups -OCH3 is 1. The van der Waals surface area contributed by atoms with E-state index in [1.165, 1.54) is 20.0 Å². The highest BCUT2D eigenvalue weighted by Crippen LogP contribution is 2.61. The Hall–Kier alpha value is -1.25. The molecule has 0 aromatic heterocycles. The van der Waals surface area contributed by atoms with Gasteiger partial charge in [-0.15, -0.1) is 0 Å². The number of carbonyl (C=O) groups excluding carboxylic acids is 1. The number of cyclic esters (lactones) is 1. The van der Waals surface area contributed by atoms with Crippen LogP contribution in [-0.4, -0.2) is 83.4 Å². The van der Waals surface area contributed by atoms with Crippen LogP contribution in [0.1, 0.15) is 47.0 Å². The average Bonchev–Trinajstić information content (AvgIpc) is 3.38. The van der Waals surface area contributed by atoms with Gasteiger partial charge in [0.15, 0.2) is 6.10 Å². The molecule has 0 aromatic rings. The summed E-state index contributed by atoms with van der Waals surface area (Å²) in [4.78, 5) is 15.6. The number of aliphatic hydroxyl groups is 2. The number of esters is 1. The first-order valence-corrected chi connectivity index (χ1v) is 13.1. The molecule has 5 rings (SSSR count). The van der Waals surface area contributed by atoms with E-state index in [1.807, 2.05) is 6.92 Å². The predicted molar refractivity (Wildman–Crippen MR) is 127 cm³/mol. The maximum atomic E-state index is 13.1. The molecule has 3 fully saturated rings. The van der Waals surface area contributed by atoms with Gasteiger partial charge in [-0.3, -0.25) is 4.90 Å². The minimum Gasteiger partial charge on any atom is -0.457 e. The molecule has 12 atom stereocenters. The second kappa shape index (κ2) is 9.00. The summed E-state index contributed by atoms with van der Waals surface area (Å²) in [5.74, 6) is -0.638. The first-order valence-electron chi connectivity index (χ1n) is 13.1. The largest absolute Gasteiger partial charge is 0.457 e. The Morgan fingerprint density at radius 1 is 1.24 bits per heavy atom. The van der Waals surface area contributed by atoms with Crippen molar-refractivity contribution >= 4 is 5.97 Å². The normalized spacial score (nSPS) is 49.9. The Kier molecular flexibility index (Phi) is 6.47. The molecule has 34 heavy (non-hydrogen) atoms. The zero-order chi connectivity index (χ0) is 24.4. The van der Waals surface area contributed by atoms with E-state index in [9.17, 15) is 15.0 Å². The van der Waals surface area contributed by atoms with Crippen molar-refractivity contribution in [3.8, 4) is 0 Å². The van der Waals surface area contributed by atoms with E-state index < -0.39 is 36.0 Å². The van der Waals surface area contributed by atoms with Crippen LogP contribution in [0.2, 0.25) is 0 Å². The number of aliphatic hydroxyl groups excluding tert-OH is 2. The van der Waals surface area contributed by atoms with Crippen molar-refractivity contribution < 1.29 is 29.2 Å². The van der Waals surface area contributed by atoms with Gasteiger partial charge in [-0.05, 0) is 51.8 Å². The van der Waals surface area contributed by atoms with Crippen LogP contribution in [0.25, 0.3) is 0 Å². The van der Waals surface area contributed by atoms with Crippen LogP contribution in [0.15, 0.2) is 23.8 Å². The van der Waals surface area contributed by atoms with Crippen LogP contribution in [0.3, 0.4) is 0 Å². The van der Waals surface area contributed by atoms with Gasteiger partial charge in [0.1, 0.15) is 11.7 Å². The van der Waals surface area contributed by atoms with Crippen LogP contribution < -0.4 is 0 Å². The summed E-state index contributed by atoms with van der Waals surface area (Å²) in [5, 5.41) is 22.2. The van der Waals surface area contributed by atoms with E-state index in [2.05, 4.69) is 37.0 Å². The number of ether oxygens (including phenoxy) is 3. The first kappa shape index (κ1) is 24.4. The highest BCUT2D eigenvalue weighted by atomic mass is 16.6. The smallest absolute Gasteiger partial charge is 0.335 e. The van der Waals surface area contributed by atoms with Crippen LogP contribution in [-0.2, 0) is 19.0 Å². The SMILES string of the molecule is CO[C@H]1C[C@H]2C=C[C@H]3[C@H]4O[C@]2(C(C)=C[C@@H](C)[C@@H]([C@@H](C)O)OC1=O)[C@@H]3[C@H](O)[C@@H](C)[C@@H]4N1CCCC1. The molecule has 4 bridgehead atoms. The molecule has 7 nitrogen and oxygen atoms in total. The topological polar surface area (TPSA) is 88.5 Å². The molecule has 1 saturated carbocycles. The fraction of sp³-hybridized carbons (Fsp3) is 0.815. The van der Waals surface area contributed by atoms with Crippen molar-refractivity contribution in [3.63, 3.8) is 0 Å². The van der Waals surface area contributed by atoms with Crippen molar-refractivity contribution in [2.24, 2.45) is 29.6 Å². The summed E-state index contributed by atoms with van der Waals surface area (Å²) >= 11 is 0. The Bertz CT molecular complexity index is 850. The lowest BCUT2D eigenvalue weighted by atomic mass is 9.57. The van der Waals surface area contributed by atoms with E-state index in [4.69, 9.17) is 14.2 Å². The third kappa shape index (κ3) is 3.53. The lowest BCUT2D eigenvalue weighted by molar-refractivity contribution is -0.172. The van der Waals surface area contributed by atoms with E-state index in [0.29, 0.717) is 6.42 Å². The maximum absolute atomic E-state index is 13.1. The summed E-state index contributed by atoms with van der Waals surface area (Å²) in [6, 6.07) is 0.176. The maximum Gasteiger partial charge on any atom is 0.335 e. The number of likely N-dealkylation sites (tertiary alicyclic amines) is 1. The number of hydrogen-bond donors (Lipinski definition) is 2. The molecule has 0 unspecified atom stereocenters. The second-order valence-electron chi connectivity index (χ2n) is 11.4. The van der Waals surface area contributed by atoms with Gasteiger partial charge in [-0.2, -0.15) is 0 Å². The molecule has 2 saturated heterocycles. The monoisotopic (exact) mass is 475 g/mol. The van der Waals surface area contributed by atoms with Crippen molar-refractivity contribution in [2.45, 2.75) is 89.1 Å². The summed E-state index contributed by atoms with van der Waals surface area (Å²) in [7, 11) is 1.53. The quantitative estimate of drug-likeness (QED) is 0.478. The molecule has 2 N–H and O–H groups in total. The van der Waals surface area contributed by atoms with Crippen LogP contribution in [0.4, 0.5) is 0 Å². The zero-order valence-corrected chi connectivity index (χ0v) is 21.1. The molecule has 190 valence electrons. The Balaban J connectivity index is 1.62. The lowest BCUT2D eigenvalue weighted by Gasteiger charge is -2.50. The summed E-state index contributed by atoms with van der Waals surface area (Å²) < 4.78 is 18.5. The molecule has 5 aliphatic rings. The van der Waals surface area contributed by atoms with Crippen molar-refractivity contribution in [3.05, 3.63) is 23.8 Å². The average molecular weight is 476 g/mol. The molecule has 1 spiro atoms. The van der Waals surface area contributed by atoms with Gasteiger partial charge in [-0.1, -0.05) is 32.1 Å². The van der Waals surface area contributed by atoms with Gasteiger partial charge < -0.3 is 24.4 Å². The minimum atomic E-state index is -0.818. The van der Waals surface area contributed by atoms with Crippen molar-refractivity contribution in [1.29, 1.82) is 0 Å². The number of carbonyl (C=O) groups is 1.